The summed E-state index contributed by atoms with van der Waals surface area (Å²) in [5.41, 5.74) is 0. The summed E-state index contributed by atoms with van der Waals surface area (Å²) in [5, 5.41) is 3.15. The van der Waals surface area contributed by atoms with Gasteiger partial charge in [-0.15, -0.1) is 22.9 Å². The number of morpholine rings is 1. The van der Waals surface area contributed by atoms with Crippen molar-refractivity contribution in [2.75, 3.05) is 30.5 Å². The highest BCUT2D eigenvalue weighted by molar-refractivity contribution is 7.16. The van der Waals surface area contributed by atoms with Crippen LogP contribution in [-0.2, 0) is 4.74 Å². The second-order valence-electron chi connectivity index (χ2n) is 3.91. The maximum absolute atomic E-state index is 5.99. The van der Waals surface area contributed by atoms with Crippen LogP contribution in [0.25, 0.3) is 10.2 Å². The number of nitrogens with zero attached hydrogens (tertiary/aromatic N) is 3. The Hall–Kier alpha value is -0.910. The summed E-state index contributed by atoms with van der Waals surface area (Å²) in [6.45, 7) is 2.22. The lowest BCUT2D eigenvalue weighted by Gasteiger charge is -2.35. The van der Waals surface area contributed by atoms with Crippen molar-refractivity contribution in [3.63, 3.8) is 0 Å². The van der Waals surface area contributed by atoms with E-state index in [0.29, 0.717) is 12.5 Å². The van der Waals surface area contributed by atoms with Gasteiger partial charge in [-0.2, -0.15) is 0 Å². The van der Waals surface area contributed by atoms with Crippen molar-refractivity contribution in [1.82, 2.24) is 9.97 Å². The van der Waals surface area contributed by atoms with Crippen LogP contribution in [0.2, 0.25) is 0 Å². The fourth-order valence-corrected chi connectivity index (χ4v) is 3.05. The van der Waals surface area contributed by atoms with Crippen LogP contribution in [-0.4, -0.2) is 41.6 Å². The first-order valence-electron chi connectivity index (χ1n) is 5.48. The second kappa shape index (κ2) is 4.76. The molecule has 1 fully saturated rings. The monoisotopic (exact) mass is 269 g/mol. The number of hydrogen-bond donors (Lipinski definition) is 0. The molecule has 1 aliphatic rings. The molecule has 4 nitrogen and oxygen atoms in total. The van der Waals surface area contributed by atoms with Crippen molar-refractivity contribution in [3.8, 4) is 0 Å². The predicted octanol–water partition coefficient (Wildman–Crippen LogP) is 2.14. The number of alkyl halides is 1. The minimum absolute atomic E-state index is 0.198. The molecule has 17 heavy (non-hydrogen) atoms. The maximum Gasteiger partial charge on any atom is 0.141 e. The summed E-state index contributed by atoms with van der Waals surface area (Å²) >= 11 is 7.62. The Morgan fingerprint density at radius 2 is 2.47 bits per heavy atom. The fraction of sp³-hybridized carbons (Fsp3) is 0.455. The number of hydrogen-bond acceptors (Lipinski definition) is 5. The highest BCUT2D eigenvalue weighted by atomic mass is 35.5. The van der Waals surface area contributed by atoms with Crippen LogP contribution >= 0.6 is 22.9 Å². The zero-order chi connectivity index (χ0) is 11.7. The minimum atomic E-state index is 0.198. The average Bonchev–Trinajstić information content (AvgIpc) is 2.86. The molecular weight excluding hydrogens is 258 g/mol. The Kier molecular flexibility index (Phi) is 3.13. The molecule has 3 heterocycles. The van der Waals surface area contributed by atoms with Crippen LogP contribution in [0.5, 0.6) is 0 Å². The topological polar surface area (TPSA) is 38.2 Å². The molecule has 2 aromatic rings. The third-order valence-corrected chi connectivity index (χ3v) is 4.10. The van der Waals surface area contributed by atoms with Crippen LogP contribution in [0.1, 0.15) is 0 Å². The first kappa shape index (κ1) is 11.2. The zero-order valence-corrected chi connectivity index (χ0v) is 10.7. The van der Waals surface area contributed by atoms with E-state index >= 15 is 0 Å². The van der Waals surface area contributed by atoms with Gasteiger partial charge in [-0.05, 0) is 11.4 Å². The van der Waals surface area contributed by atoms with E-state index in [1.165, 1.54) is 0 Å². The molecule has 1 aliphatic heterocycles. The Balaban J connectivity index is 2.04. The third kappa shape index (κ3) is 1.99. The smallest absolute Gasteiger partial charge is 0.141 e. The molecule has 0 spiro atoms. The third-order valence-electron chi connectivity index (χ3n) is 2.92. The second-order valence-corrected chi connectivity index (χ2v) is 5.12. The van der Waals surface area contributed by atoms with E-state index in [1.54, 1.807) is 17.7 Å². The fourth-order valence-electron chi connectivity index (χ4n) is 2.07. The van der Waals surface area contributed by atoms with Gasteiger partial charge >= 0.3 is 0 Å². The number of thiophene rings is 1. The van der Waals surface area contributed by atoms with Gasteiger partial charge in [-0.3, -0.25) is 0 Å². The van der Waals surface area contributed by atoms with Crippen molar-refractivity contribution in [3.05, 3.63) is 17.8 Å². The SMILES string of the molecule is ClCC1COCCN1c1ncnc2sccc12. The molecule has 0 radical (unpaired) electrons. The van der Waals surface area contributed by atoms with Crippen LogP contribution in [0.3, 0.4) is 0 Å². The van der Waals surface area contributed by atoms with Gasteiger partial charge < -0.3 is 9.64 Å². The van der Waals surface area contributed by atoms with Gasteiger partial charge in [-0.1, -0.05) is 0 Å². The molecule has 0 saturated carbocycles. The first-order valence-corrected chi connectivity index (χ1v) is 6.90. The van der Waals surface area contributed by atoms with Gasteiger partial charge in [0.05, 0.1) is 24.6 Å². The summed E-state index contributed by atoms with van der Waals surface area (Å²) in [5.74, 6) is 1.53. The molecule has 1 atom stereocenters. The number of fused-ring (bicyclic) bond motifs is 1. The van der Waals surface area contributed by atoms with E-state index in [2.05, 4.69) is 20.9 Å². The number of ether oxygens (including phenoxy) is 1. The Labute approximate surface area is 108 Å². The Morgan fingerprint density at radius 3 is 3.35 bits per heavy atom. The summed E-state index contributed by atoms with van der Waals surface area (Å²) < 4.78 is 5.45. The molecule has 0 bridgehead atoms. The molecule has 0 aromatic carbocycles. The van der Waals surface area contributed by atoms with Crippen molar-refractivity contribution < 1.29 is 4.74 Å². The van der Waals surface area contributed by atoms with Crippen LogP contribution in [0.4, 0.5) is 5.82 Å². The molecular formula is C11H12ClN3OS. The zero-order valence-electron chi connectivity index (χ0n) is 9.17. The van der Waals surface area contributed by atoms with Crippen LogP contribution < -0.4 is 4.90 Å². The quantitative estimate of drug-likeness (QED) is 0.783. The molecule has 90 valence electrons. The highest BCUT2D eigenvalue weighted by Gasteiger charge is 2.25. The standard InChI is InChI=1S/C11H12ClN3OS/c12-5-8-6-16-3-2-15(8)10-9-1-4-17-11(9)14-7-13-10/h1,4,7-8H,2-3,5-6H2. The maximum atomic E-state index is 5.99. The molecule has 1 saturated heterocycles. The largest absolute Gasteiger partial charge is 0.377 e. The van der Waals surface area contributed by atoms with Crippen molar-refractivity contribution in [2.45, 2.75) is 6.04 Å². The minimum Gasteiger partial charge on any atom is -0.377 e. The predicted molar refractivity (Wildman–Crippen MR) is 70.1 cm³/mol. The van der Waals surface area contributed by atoms with Gasteiger partial charge in [0.2, 0.25) is 0 Å². The first-order chi connectivity index (χ1) is 8.40. The average molecular weight is 270 g/mol. The molecule has 0 aliphatic carbocycles. The Morgan fingerprint density at radius 1 is 1.53 bits per heavy atom. The number of halogens is 1. The van der Waals surface area contributed by atoms with E-state index in [-0.39, 0.29) is 6.04 Å². The molecule has 3 rings (SSSR count). The van der Waals surface area contributed by atoms with Gasteiger partial charge in [0.1, 0.15) is 17.0 Å². The van der Waals surface area contributed by atoms with E-state index in [9.17, 15) is 0 Å². The van der Waals surface area contributed by atoms with Gasteiger partial charge in [-0.25, -0.2) is 9.97 Å². The summed E-state index contributed by atoms with van der Waals surface area (Å²) in [7, 11) is 0. The molecule has 0 N–H and O–H groups in total. The lowest BCUT2D eigenvalue weighted by molar-refractivity contribution is 0.0995. The van der Waals surface area contributed by atoms with Gasteiger partial charge in [0, 0.05) is 12.4 Å². The van der Waals surface area contributed by atoms with E-state index in [0.717, 1.165) is 29.2 Å². The number of aromatic nitrogens is 2. The van der Waals surface area contributed by atoms with E-state index < -0.39 is 0 Å². The van der Waals surface area contributed by atoms with Crippen molar-refractivity contribution in [1.29, 1.82) is 0 Å². The van der Waals surface area contributed by atoms with E-state index in [1.807, 2.05) is 5.38 Å². The van der Waals surface area contributed by atoms with Crippen molar-refractivity contribution >= 4 is 39.0 Å². The Bertz CT molecular complexity index is 518. The summed E-state index contributed by atoms with van der Waals surface area (Å²) in [6, 6.07) is 2.26. The lowest BCUT2D eigenvalue weighted by Crippen LogP contribution is -2.47. The summed E-state index contributed by atoms with van der Waals surface area (Å²) in [4.78, 5) is 11.9. The van der Waals surface area contributed by atoms with Crippen molar-refractivity contribution in [2.24, 2.45) is 0 Å². The summed E-state index contributed by atoms with van der Waals surface area (Å²) in [6.07, 6.45) is 1.62. The van der Waals surface area contributed by atoms with Crippen LogP contribution in [0, 0.1) is 0 Å². The lowest BCUT2D eigenvalue weighted by atomic mass is 10.2. The normalized spacial score (nSPS) is 21.0. The number of anilines is 1. The van der Waals surface area contributed by atoms with E-state index in [4.69, 9.17) is 16.3 Å². The number of rotatable bonds is 2. The van der Waals surface area contributed by atoms with Crippen LogP contribution in [0.15, 0.2) is 17.8 Å². The molecule has 0 amide bonds. The molecule has 1 unspecified atom stereocenters. The van der Waals surface area contributed by atoms with Gasteiger partial charge in [0.15, 0.2) is 0 Å². The molecule has 2 aromatic heterocycles. The molecule has 6 heteroatoms. The highest BCUT2D eigenvalue weighted by Crippen LogP contribution is 2.28. The van der Waals surface area contributed by atoms with Gasteiger partial charge in [0.25, 0.3) is 0 Å².